The van der Waals surface area contributed by atoms with Gasteiger partial charge in [0, 0.05) is 24.2 Å². The van der Waals surface area contributed by atoms with Gasteiger partial charge >= 0.3 is 0 Å². The lowest BCUT2D eigenvalue weighted by Gasteiger charge is -2.10. The average molecular weight is 296 g/mol. The molecule has 0 unspecified atom stereocenters. The van der Waals surface area contributed by atoms with Crippen molar-refractivity contribution in [2.24, 2.45) is 5.10 Å². The Bertz CT molecular complexity index is 624. The first-order valence-corrected chi connectivity index (χ1v) is 6.65. The van der Waals surface area contributed by atoms with E-state index < -0.39 is 0 Å². The van der Waals surface area contributed by atoms with E-state index in [-0.39, 0.29) is 0 Å². The maximum absolute atomic E-state index is 6.13. The molecule has 0 saturated carbocycles. The summed E-state index contributed by atoms with van der Waals surface area (Å²) in [4.78, 5) is 4.42. The lowest BCUT2D eigenvalue weighted by molar-refractivity contribution is 0.306. The molecule has 19 heavy (non-hydrogen) atoms. The van der Waals surface area contributed by atoms with E-state index in [9.17, 15) is 0 Å². The summed E-state index contributed by atoms with van der Waals surface area (Å²) in [5, 5.41) is 7.29. The third-order valence-corrected chi connectivity index (χ3v) is 3.37. The number of hydrogen-bond donors (Lipinski definition) is 0. The quantitative estimate of drug-likeness (QED) is 0.864. The molecule has 2 heterocycles. The molecule has 98 valence electrons. The van der Waals surface area contributed by atoms with Gasteiger partial charge in [-0.15, -0.1) is 0 Å². The minimum atomic E-state index is 0.500. The van der Waals surface area contributed by atoms with E-state index in [1.54, 1.807) is 24.5 Å². The van der Waals surface area contributed by atoms with E-state index in [4.69, 9.17) is 27.6 Å². The zero-order chi connectivity index (χ0) is 13.2. The summed E-state index contributed by atoms with van der Waals surface area (Å²) in [6, 6.07) is 5.23. The Morgan fingerprint density at radius 2 is 2.21 bits per heavy atom. The summed E-state index contributed by atoms with van der Waals surface area (Å²) in [5.41, 5.74) is 1.57. The second-order valence-corrected chi connectivity index (χ2v) is 5.09. The first kappa shape index (κ1) is 12.5. The van der Waals surface area contributed by atoms with Gasteiger partial charge in [0.1, 0.15) is 12.0 Å². The number of halogens is 2. The smallest absolute Gasteiger partial charge is 0.227 e. The van der Waals surface area contributed by atoms with Crippen LogP contribution in [0.1, 0.15) is 12.1 Å². The van der Waals surface area contributed by atoms with Crippen molar-refractivity contribution >= 4 is 29.4 Å². The minimum absolute atomic E-state index is 0.500. The molecule has 0 spiro atoms. The van der Waals surface area contributed by atoms with E-state index in [1.807, 2.05) is 11.2 Å². The van der Waals surface area contributed by atoms with E-state index in [1.165, 1.54) is 0 Å². The zero-order valence-electron chi connectivity index (χ0n) is 10.0. The number of hydrazone groups is 1. The van der Waals surface area contributed by atoms with Crippen LogP contribution >= 0.6 is 23.2 Å². The maximum atomic E-state index is 6.13. The van der Waals surface area contributed by atoms with Crippen molar-refractivity contribution in [3.63, 3.8) is 0 Å². The Morgan fingerprint density at radius 3 is 2.95 bits per heavy atom. The van der Waals surface area contributed by atoms with Crippen molar-refractivity contribution in [2.45, 2.75) is 13.0 Å². The molecule has 0 amide bonds. The number of hydrogen-bond acceptors (Lipinski definition) is 4. The van der Waals surface area contributed by atoms with Crippen LogP contribution in [0.5, 0.6) is 0 Å². The van der Waals surface area contributed by atoms with Gasteiger partial charge in [0.15, 0.2) is 0 Å². The molecule has 0 saturated heterocycles. The highest BCUT2D eigenvalue weighted by Gasteiger charge is 2.13. The van der Waals surface area contributed by atoms with Gasteiger partial charge in [-0.1, -0.05) is 23.2 Å². The van der Waals surface area contributed by atoms with Crippen LogP contribution in [0.4, 0.5) is 0 Å². The first-order chi connectivity index (χ1) is 9.22. The van der Waals surface area contributed by atoms with Crippen LogP contribution in [0.25, 0.3) is 11.5 Å². The Kier molecular flexibility index (Phi) is 3.44. The number of aromatic nitrogens is 1. The monoisotopic (exact) mass is 295 g/mol. The summed E-state index contributed by atoms with van der Waals surface area (Å²) in [7, 11) is 0. The van der Waals surface area contributed by atoms with Crippen LogP contribution in [-0.2, 0) is 6.54 Å². The molecule has 0 aliphatic carbocycles. The fourth-order valence-corrected chi connectivity index (χ4v) is 2.40. The number of rotatable bonds is 3. The molecular formula is C13H11Cl2N3O. The maximum Gasteiger partial charge on any atom is 0.227 e. The third-order valence-electron chi connectivity index (χ3n) is 2.82. The first-order valence-electron chi connectivity index (χ1n) is 5.89. The molecular weight excluding hydrogens is 285 g/mol. The van der Waals surface area contributed by atoms with Crippen molar-refractivity contribution in [2.75, 3.05) is 6.54 Å². The fraction of sp³-hybridized carbons (Fsp3) is 0.231. The van der Waals surface area contributed by atoms with Crippen molar-refractivity contribution in [3.8, 4) is 11.5 Å². The van der Waals surface area contributed by atoms with Crippen LogP contribution in [0.2, 0.25) is 10.0 Å². The summed E-state index contributed by atoms with van der Waals surface area (Å²) < 4.78 is 5.46. The van der Waals surface area contributed by atoms with Gasteiger partial charge in [-0.05, 0) is 18.2 Å². The lowest BCUT2D eigenvalue weighted by atomic mass is 10.2. The molecule has 0 atom stereocenters. The number of oxazole rings is 1. The van der Waals surface area contributed by atoms with Crippen LogP contribution in [0.3, 0.4) is 0 Å². The molecule has 0 fully saturated rings. The minimum Gasteiger partial charge on any atom is -0.444 e. The summed E-state index contributed by atoms with van der Waals surface area (Å²) in [6.07, 6.45) is 4.51. The van der Waals surface area contributed by atoms with Gasteiger partial charge in [-0.3, -0.25) is 5.01 Å². The van der Waals surface area contributed by atoms with Gasteiger partial charge in [-0.25, -0.2) is 4.98 Å². The van der Waals surface area contributed by atoms with Crippen molar-refractivity contribution in [1.82, 2.24) is 9.99 Å². The predicted molar refractivity (Wildman–Crippen MR) is 75.5 cm³/mol. The van der Waals surface area contributed by atoms with E-state index in [2.05, 4.69) is 10.1 Å². The largest absolute Gasteiger partial charge is 0.444 e. The second-order valence-electron chi connectivity index (χ2n) is 4.24. The highest BCUT2D eigenvalue weighted by molar-refractivity contribution is 6.36. The molecule has 2 aromatic rings. The Labute approximate surface area is 120 Å². The molecule has 1 aliphatic rings. The average Bonchev–Trinajstić information content (AvgIpc) is 3.01. The van der Waals surface area contributed by atoms with Gasteiger partial charge in [0.2, 0.25) is 5.89 Å². The number of nitrogens with zero attached hydrogens (tertiary/aromatic N) is 3. The van der Waals surface area contributed by atoms with Gasteiger partial charge in [0.25, 0.3) is 0 Å². The van der Waals surface area contributed by atoms with Crippen LogP contribution in [-0.4, -0.2) is 22.8 Å². The summed E-state index contributed by atoms with van der Waals surface area (Å²) in [5.74, 6) is 0.500. The summed E-state index contributed by atoms with van der Waals surface area (Å²) in [6.45, 7) is 1.56. The van der Waals surface area contributed by atoms with Crippen molar-refractivity contribution in [3.05, 3.63) is 40.2 Å². The third kappa shape index (κ3) is 2.74. The molecule has 1 aliphatic heterocycles. The molecule has 3 rings (SSSR count). The van der Waals surface area contributed by atoms with E-state index in [0.717, 1.165) is 24.2 Å². The van der Waals surface area contributed by atoms with Gasteiger partial charge in [0.05, 0.1) is 17.1 Å². The molecule has 1 aromatic carbocycles. The fourth-order valence-electron chi connectivity index (χ4n) is 1.91. The molecule has 4 nitrogen and oxygen atoms in total. The normalized spacial score (nSPS) is 14.3. The SMILES string of the molecule is Clc1ccc(-c2nc(CN3CCC=N3)co2)c(Cl)c1. The Balaban J connectivity index is 1.82. The topological polar surface area (TPSA) is 41.6 Å². The number of benzene rings is 1. The van der Waals surface area contributed by atoms with Crippen molar-refractivity contribution < 1.29 is 4.42 Å². The molecule has 0 bridgehead atoms. The Morgan fingerprint density at radius 1 is 1.32 bits per heavy atom. The molecule has 0 radical (unpaired) electrons. The van der Waals surface area contributed by atoms with Crippen molar-refractivity contribution in [1.29, 1.82) is 0 Å². The second kappa shape index (κ2) is 5.23. The highest BCUT2D eigenvalue weighted by atomic mass is 35.5. The van der Waals surface area contributed by atoms with E-state index >= 15 is 0 Å². The predicted octanol–water partition coefficient (Wildman–Crippen LogP) is 3.84. The molecule has 6 heteroatoms. The molecule has 0 N–H and O–H groups in total. The summed E-state index contributed by atoms with van der Waals surface area (Å²) >= 11 is 12.0. The van der Waals surface area contributed by atoms with E-state index in [0.29, 0.717) is 22.5 Å². The van der Waals surface area contributed by atoms with Crippen LogP contribution < -0.4 is 0 Å². The standard InChI is InChI=1S/C13H11Cl2N3O/c14-9-2-3-11(12(15)6-9)13-17-10(8-19-13)7-18-5-1-4-16-18/h2-4,6,8H,1,5,7H2. The lowest BCUT2D eigenvalue weighted by Crippen LogP contribution is -2.13. The zero-order valence-corrected chi connectivity index (χ0v) is 11.5. The Hall–Kier alpha value is -1.52. The van der Waals surface area contributed by atoms with Gasteiger partial charge in [-0.2, -0.15) is 5.10 Å². The highest BCUT2D eigenvalue weighted by Crippen LogP contribution is 2.29. The molecule has 1 aromatic heterocycles. The van der Waals surface area contributed by atoms with Gasteiger partial charge < -0.3 is 4.42 Å². The van der Waals surface area contributed by atoms with Crippen LogP contribution in [0.15, 0.2) is 34.0 Å². The van der Waals surface area contributed by atoms with Crippen LogP contribution in [0, 0.1) is 0 Å².